The van der Waals surface area contributed by atoms with E-state index in [4.69, 9.17) is 0 Å². The summed E-state index contributed by atoms with van der Waals surface area (Å²) in [5.74, 6) is -0.199. The molecule has 0 atom stereocenters. The molecule has 0 bridgehead atoms. The number of rotatable bonds is 3. The van der Waals surface area contributed by atoms with Gasteiger partial charge in [0.15, 0.2) is 0 Å². The molecule has 4 nitrogen and oxygen atoms in total. The van der Waals surface area contributed by atoms with Crippen LogP contribution in [0.2, 0.25) is 0 Å². The topological polar surface area (TPSA) is 39.3 Å². The van der Waals surface area contributed by atoms with E-state index in [1.54, 1.807) is 0 Å². The molecule has 1 aromatic carbocycles. The van der Waals surface area contributed by atoms with Crippen LogP contribution in [0.25, 0.3) is 0 Å². The number of hydrogen-bond acceptors (Lipinski definition) is 4. The molecule has 0 aliphatic carbocycles. The first kappa shape index (κ1) is 14.3. The van der Waals surface area contributed by atoms with Crippen molar-refractivity contribution in [3.05, 3.63) is 50.3 Å². The van der Waals surface area contributed by atoms with Crippen LogP contribution in [0.3, 0.4) is 0 Å². The highest BCUT2D eigenvalue weighted by atomic mass is 32.1. The van der Waals surface area contributed by atoms with Crippen LogP contribution >= 0.6 is 11.3 Å². The van der Waals surface area contributed by atoms with Crippen molar-refractivity contribution in [2.24, 2.45) is 0 Å². The molecule has 2 aromatic rings. The van der Waals surface area contributed by atoms with Gasteiger partial charge in [-0.05, 0) is 31.2 Å². The average Bonchev–Trinajstić information content (AvgIpc) is 2.79. The first-order valence-corrected chi connectivity index (χ1v) is 7.85. The molecule has 1 saturated heterocycles. The fraction of sp³-hybridized carbons (Fsp3) is 0.400. The summed E-state index contributed by atoms with van der Waals surface area (Å²) in [7, 11) is 0. The Kier molecular flexibility index (Phi) is 4.07. The van der Waals surface area contributed by atoms with E-state index in [1.165, 1.54) is 23.5 Å². The number of aryl methyl sites for hydroxylation is 1. The van der Waals surface area contributed by atoms with Crippen LogP contribution in [0.5, 0.6) is 0 Å². The summed E-state index contributed by atoms with van der Waals surface area (Å²) >= 11 is 1.30. The molecule has 1 aliphatic rings. The molecule has 0 spiro atoms. The minimum absolute atomic E-state index is 0.0208. The largest absolute Gasteiger partial charge is 0.369 e. The fourth-order valence-corrected chi connectivity index (χ4v) is 3.49. The summed E-state index contributed by atoms with van der Waals surface area (Å²) in [4.78, 5) is 19.9. The predicted molar refractivity (Wildman–Crippen MR) is 83.6 cm³/mol. The molecule has 6 heteroatoms. The lowest BCUT2D eigenvalue weighted by Gasteiger charge is -2.36. The Morgan fingerprint density at radius 3 is 2.43 bits per heavy atom. The van der Waals surface area contributed by atoms with Crippen molar-refractivity contribution in [3.8, 4) is 0 Å². The van der Waals surface area contributed by atoms with E-state index in [-0.39, 0.29) is 10.7 Å². The molecular formula is C15H18FN3OS. The zero-order valence-corrected chi connectivity index (χ0v) is 12.8. The first-order valence-electron chi connectivity index (χ1n) is 7.03. The van der Waals surface area contributed by atoms with Gasteiger partial charge in [0.05, 0.1) is 0 Å². The summed E-state index contributed by atoms with van der Waals surface area (Å²) in [5, 5.41) is 0. The van der Waals surface area contributed by atoms with Gasteiger partial charge in [-0.3, -0.25) is 9.69 Å². The van der Waals surface area contributed by atoms with Gasteiger partial charge in [0.25, 0.3) is 0 Å². The van der Waals surface area contributed by atoms with Gasteiger partial charge in [-0.2, -0.15) is 0 Å². The van der Waals surface area contributed by atoms with Crippen molar-refractivity contribution in [1.82, 2.24) is 9.88 Å². The molecule has 0 saturated carbocycles. The molecule has 3 rings (SSSR count). The van der Waals surface area contributed by atoms with E-state index < -0.39 is 0 Å². The van der Waals surface area contributed by atoms with Crippen molar-refractivity contribution >= 4 is 17.0 Å². The van der Waals surface area contributed by atoms with Crippen molar-refractivity contribution in [3.63, 3.8) is 0 Å². The van der Waals surface area contributed by atoms with Crippen LogP contribution in [-0.4, -0.2) is 36.1 Å². The molecule has 112 valence electrons. The highest BCUT2D eigenvalue weighted by Gasteiger charge is 2.18. The second kappa shape index (κ2) is 5.99. The summed E-state index contributed by atoms with van der Waals surface area (Å²) < 4.78 is 12.9. The standard InChI is InChI=1S/C15H18FN3OS/c1-11-14(21-15(20)17-11)10-18-6-8-19(9-7-18)13-4-2-12(16)3-5-13/h2-5H,6-10H2,1H3,(H,17,20). The Hall–Kier alpha value is -1.66. The molecule has 1 aliphatic heterocycles. The Bertz CT molecular complexity index is 656. The smallest absolute Gasteiger partial charge is 0.304 e. The normalized spacial score (nSPS) is 16.4. The van der Waals surface area contributed by atoms with Crippen molar-refractivity contribution in [2.45, 2.75) is 13.5 Å². The summed E-state index contributed by atoms with van der Waals surface area (Å²) in [6, 6.07) is 6.66. The van der Waals surface area contributed by atoms with Gasteiger partial charge in [0.2, 0.25) is 0 Å². The summed E-state index contributed by atoms with van der Waals surface area (Å²) in [6.07, 6.45) is 0. The van der Waals surface area contributed by atoms with Crippen molar-refractivity contribution in [2.75, 3.05) is 31.1 Å². The molecule has 1 aromatic heterocycles. The molecule has 0 radical (unpaired) electrons. The van der Waals surface area contributed by atoms with Crippen LogP contribution in [0.1, 0.15) is 10.6 Å². The highest BCUT2D eigenvalue weighted by molar-refractivity contribution is 7.09. The SMILES string of the molecule is Cc1[nH]c(=O)sc1CN1CCN(c2ccc(F)cc2)CC1. The molecular weight excluding hydrogens is 289 g/mol. The van der Waals surface area contributed by atoms with E-state index in [1.807, 2.05) is 19.1 Å². The van der Waals surface area contributed by atoms with Crippen LogP contribution in [0.4, 0.5) is 10.1 Å². The number of halogens is 1. The molecule has 0 amide bonds. The zero-order chi connectivity index (χ0) is 14.8. The second-order valence-electron chi connectivity index (χ2n) is 5.30. The highest BCUT2D eigenvalue weighted by Crippen LogP contribution is 2.19. The Morgan fingerprint density at radius 2 is 1.86 bits per heavy atom. The lowest BCUT2D eigenvalue weighted by Crippen LogP contribution is -2.45. The summed E-state index contributed by atoms with van der Waals surface area (Å²) in [5.41, 5.74) is 2.05. The quantitative estimate of drug-likeness (QED) is 0.945. The van der Waals surface area contributed by atoms with E-state index in [9.17, 15) is 9.18 Å². The van der Waals surface area contributed by atoms with Crippen LogP contribution < -0.4 is 9.77 Å². The van der Waals surface area contributed by atoms with E-state index in [0.717, 1.165) is 49.0 Å². The number of anilines is 1. The third-order valence-corrected chi connectivity index (χ3v) is 4.82. The van der Waals surface area contributed by atoms with Gasteiger partial charge < -0.3 is 9.88 Å². The third-order valence-electron chi connectivity index (χ3n) is 3.85. The fourth-order valence-electron chi connectivity index (χ4n) is 2.61. The number of piperazine rings is 1. The van der Waals surface area contributed by atoms with E-state index in [2.05, 4.69) is 14.8 Å². The van der Waals surface area contributed by atoms with Gasteiger partial charge in [-0.15, -0.1) is 0 Å². The Morgan fingerprint density at radius 1 is 1.19 bits per heavy atom. The molecule has 2 heterocycles. The number of hydrogen-bond donors (Lipinski definition) is 1. The maximum Gasteiger partial charge on any atom is 0.304 e. The Labute approximate surface area is 126 Å². The van der Waals surface area contributed by atoms with Gasteiger partial charge in [0, 0.05) is 49.0 Å². The lowest BCUT2D eigenvalue weighted by molar-refractivity contribution is 0.251. The van der Waals surface area contributed by atoms with Crippen LogP contribution in [0.15, 0.2) is 29.1 Å². The number of nitrogens with zero attached hydrogens (tertiary/aromatic N) is 2. The number of benzene rings is 1. The average molecular weight is 307 g/mol. The van der Waals surface area contributed by atoms with Gasteiger partial charge >= 0.3 is 4.87 Å². The monoisotopic (exact) mass is 307 g/mol. The van der Waals surface area contributed by atoms with Crippen molar-refractivity contribution < 1.29 is 4.39 Å². The maximum absolute atomic E-state index is 12.9. The zero-order valence-electron chi connectivity index (χ0n) is 11.9. The van der Waals surface area contributed by atoms with E-state index >= 15 is 0 Å². The molecule has 21 heavy (non-hydrogen) atoms. The van der Waals surface area contributed by atoms with Gasteiger partial charge in [0.1, 0.15) is 5.82 Å². The van der Waals surface area contributed by atoms with Gasteiger partial charge in [-0.1, -0.05) is 11.3 Å². The number of nitrogens with one attached hydrogen (secondary N) is 1. The molecule has 1 N–H and O–H groups in total. The van der Waals surface area contributed by atoms with E-state index in [0.29, 0.717) is 0 Å². The molecule has 0 unspecified atom stereocenters. The number of thiazole rings is 1. The minimum atomic E-state index is -0.199. The third kappa shape index (κ3) is 3.33. The first-order chi connectivity index (χ1) is 10.1. The Balaban J connectivity index is 1.59. The number of H-pyrrole nitrogens is 1. The van der Waals surface area contributed by atoms with Crippen LogP contribution in [-0.2, 0) is 6.54 Å². The maximum atomic E-state index is 12.9. The molecule has 1 fully saturated rings. The van der Waals surface area contributed by atoms with Crippen molar-refractivity contribution in [1.29, 1.82) is 0 Å². The second-order valence-corrected chi connectivity index (χ2v) is 6.37. The number of aromatic nitrogens is 1. The minimum Gasteiger partial charge on any atom is -0.369 e. The lowest BCUT2D eigenvalue weighted by atomic mass is 10.2. The number of aromatic amines is 1. The predicted octanol–water partition coefficient (Wildman–Crippen LogP) is 2.21. The summed E-state index contributed by atoms with van der Waals surface area (Å²) in [6.45, 7) is 6.51. The van der Waals surface area contributed by atoms with Crippen LogP contribution in [0, 0.1) is 12.7 Å². The van der Waals surface area contributed by atoms with Gasteiger partial charge in [-0.25, -0.2) is 4.39 Å².